The van der Waals surface area contributed by atoms with E-state index in [9.17, 15) is 10.1 Å². The summed E-state index contributed by atoms with van der Waals surface area (Å²) in [5.41, 5.74) is 18.6. The number of non-ortho nitro benzene ring substituents is 1. The molecular formula is C27H25N7O2. The maximum atomic E-state index is 11.6. The van der Waals surface area contributed by atoms with Gasteiger partial charge >= 0.3 is 0 Å². The molecule has 0 aliphatic carbocycles. The molecule has 0 bridgehead atoms. The molecule has 0 radical (unpaired) electrons. The molecule has 0 spiro atoms. The van der Waals surface area contributed by atoms with E-state index in [0.29, 0.717) is 28.6 Å². The molecule has 0 saturated carbocycles. The van der Waals surface area contributed by atoms with E-state index in [1.165, 1.54) is 6.07 Å². The van der Waals surface area contributed by atoms with Gasteiger partial charge in [-0.15, -0.1) is 0 Å². The van der Waals surface area contributed by atoms with Crippen LogP contribution in [0.15, 0.2) is 84.9 Å². The topological polar surface area (TPSA) is 131 Å². The number of para-hydroxylation sites is 2. The number of nitro benzene ring substituents is 1. The first-order valence-electron chi connectivity index (χ1n) is 11.4. The highest BCUT2D eigenvalue weighted by Gasteiger charge is 2.32. The Labute approximate surface area is 207 Å². The third-order valence-electron chi connectivity index (χ3n) is 6.28. The predicted molar refractivity (Wildman–Crippen MR) is 139 cm³/mol. The first-order valence-corrected chi connectivity index (χ1v) is 11.4. The quantitative estimate of drug-likeness (QED) is 0.262. The van der Waals surface area contributed by atoms with Crippen LogP contribution < -0.4 is 11.5 Å². The molecule has 2 aromatic heterocycles. The minimum absolute atomic E-state index is 0.0177. The van der Waals surface area contributed by atoms with E-state index >= 15 is 0 Å². The minimum Gasteiger partial charge on any atom is -0.383 e. The first-order chi connectivity index (χ1) is 17.4. The van der Waals surface area contributed by atoms with Crippen molar-refractivity contribution in [3.8, 4) is 11.4 Å². The average molecular weight is 480 g/mol. The van der Waals surface area contributed by atoms with Gasteiger partial charge in [0.25, 0.3) is 5.69 Å². The summed E-state index contributed by atoms with van der Waals surface area (Å²) in [6.07, 6.45) is 0. The van der Waals surface area contributed by atoms with Gasteiger partial charge in [0.2, 0.25) is 0 Å². The van der Waals surface area contributed by atoms with Crippen LogP contribution in [-0.4, -0.2) is 24.5 Å². The van der Waals surface area contributed by atoms with Crippen LogP contribution in [0.3, 0.4) is 0 Å². The summed E-state index contributed by atoms with van der Waals surface area (Å²) >= 11 is 0. The molecule has 0 fully saturated rings. The fourth-order valence-electron chi connectivity index (χ4n) is 4.66. The number of aromatic nitrogens is 4. The van der Waals surface area contributed by atoms with Crippen LogP contribution in [0.4, 0.5) is 17.3 Å². The summed E-state index contributed by atoms with van der Waals surface area (Å²) in [5.74, 6) is 0.336. The van der Waals surface area contributed by atoms with Crippen molar-refractivity contribution in [2.24, 2.45) is 0 Å². The predicted octanol–water partition coefficient (Wildman–Crippen LogP) is 4.93. The van der Waals surface area contributed by atoms with E-state index in [2.05, 4.69) is 0 Å². The van der Waals surface area contributed by atoms with Crippen LogP contribution in [0.2, 0.25) is 0 Å². The van der Waals surface area contributed by atoms with Crippen LogP contribution in [-0.2, 0) is 0 Å². The van der Waals surface area contributed by atoms with E-state index in [0.717, 1.165) is 22.5 Å². The summed E-state index contributed by atoms with van der Waals surface area (Å²) in [7, 11) is 0. The van der Waals surface area contributed by atoms with Crippen LogP contribution >= 0.6 is 0 Å². The molecule has 9 nitrogen and oxygen atoms in total. The number of aryl methyl sites for hydroxylation is 2. The van der Waals surface area contributed by atoms with Gasteiger partial charge in [0, 0.05) is 29.2 Å². The van der Waals surface area contributed by atoms with Crippen molar-refractivity contribution in [3.05, 3.63) is 123 Å². The third kappa shape index (κ3) is 3.86. The van der Waals surface area contributed by atoms with E-state index in [-0.39, 0.29) is 5.69 Å². The summed E-state index contributed by atoms with van der Waals surface area (Å²) in [6.45, 7) is 3.76. The lowest BCUT2D eigenvalue weighted by molar-refractivity contribution is -0.384. The third-order valence-corrected chi connectivity index (χ3v) is 6.28. The number of hydrogen-bond acceptors (Lipinski definition) is 6. The van der Waals surface area contributed by atoms with Gasteiger partial charge in [-0.05, 0) is 43.7 Å². The number of anilines is 2. The van der Waals surface area contributed by atoms with E-state index in [1.807, 2.05) is 80.6 Å². The first kappa shape index (κ1) is 22.9. The van der Waals surface area contributed by atoms with Crippen LogP contribution in [0.1, 0.15) is 34.0 Å². The Bertz CT molecular complexity index is 1470. The van der Waals surface area contributed by atoms with Gasteiger partial charge in [0.05, 0.1) is 27.7 Å². The van der Waals surface area contributed by atoms with Crippen molar-refractivity contribution < 1.29 is 4.92 Å². The highest BCUT2D eigenvalue weighted by atomic mass is 16.6. The second kappa shape index (κ2) is 9.03. The van der Waals surface area contributed by atoms with Crippen molar-refractivity contribution in [2.45, 2.75) is 19.8 Å². The molecule has 5 rings (SSSR count). The molecule has 4 N–H and O–H groups in total. The fourth-order valence-corrected chi connectivity index (χ4v) is 4.66. The van der Waals surface area contributed by atoms with Crippen molar-refractivity contribution in [1.82, 2.24) is 19.6 Å². The van der Waals surface area contributed by atoms with Gasteiger partial charge in [0.1, 0.15) is 11.6 Å². The molecule has 0 saturated heterocycles. The van der Waals surface area contributed by atoms with Gasteiger partial charge in [0.15, 0.2) is 0 Å². The Balaban J connectivity index is 1.78. The van der Waals surface area contributed by atoms with E-state index in [1.54, 1.807) is 21.5 Å². The number of rotatable bonds is 6. The van der Waals surface area contributed by atoms with Crippen molar-refractivity contribution in [1.29, 1.82) is 0 Å². The summed E-state index contributed by atoms with van der Waals surface area (Å²) in [6, 6.07) is 25.7. The van der Waals surface area contributed by atoms with Gasteiger partial charge in [-0.25, -0.2) is 9.36 Å². The molecule has 0 aliphatic heterocycles. The summed E-state index contributed by atoms with van der Waals surface area (Å²) < 4.78 is 3.37. The molecule has 0 amide bonds. The Morgan fingerprint density at radius 2 is 1.22 bits per heavy atom. The summed E-state index contributed by atoms with van der Waals surface area (Å²) in [5, 5.41) is 21.1. The zero-order valence-corrected chi connectivity index (χ0v) is 19.9. The molecular weight excluding hydrogens is 454 g/mol. The largest absolute Gasteiger partial charge is 0.383 e. The zero-order chi connectivity index (χ0) is 25.4. The van der Waals surface area contributed by atoms with Gasteiger partial charge in [-0.1, -0.05) is 48.5 Å². The monoisotopic (exact) mass is 479 g/mol. The Morgan fingerprint density at radius 3 is 1.67 bits per heavy atom. The van der Waals surface area contributed by atoms with Gasteiger partial charge in [-0.3, -0.25) is 10.1 Å². The van der Waals surface area contributed by atoms with Crippen molar-refractivity contribution >= 4 is 17.3 Å². The van der Waals surface area contributed by atoms with E-state index in [4.69, 9.17) is 21.7 Å². The number of nitrogens with zero attached hydrogens (tertiary/aromatic N) is 5. The number of nitrogens with two attached hydrogens (primary N) is 2. The number of benzene rings is 3. The Hall–Kier alpha value is -4.92. The highest BCUT2D eigenvalue weighted by molar-refractivity contribution is 5.64. The SMILES string of the molecule is Cc1nn(-c2ccccc2)c(N)c1C(c1cccc([N+](=O)[O-])c1)c1c(C)nn(-c2ccccc2)c1N. The second-order valence-corrected chi connectivity index (χ2v) is 8.55. The molecule has 0 unspecified atom stereocenters. The Kier molecular flexibility index (Phi) is 5.73. The smallest absolute Gasteiger partial charge is 0.269 e. The lowest BCUT2D eigenvalue weighted by atomic mass is 9.84. The van der Waals surface area contributed by atoms with Gasteiger partial charge < -0.3 is 11.5 Å². The molecule has 0 aliphatic rings. The fraction of sp³-hybridized carbons (Fsp3) is 0.111. The summed E-state index contributed by atoms with van der Waals surface area (Å²) in [4.78, 5) is 11.2. The number of hydrogen-bond donors (Lipinski definition) is 2. The molecule has 5 aromatic rings. The van der Waals surface area contributed by atoms with Crippen LogP contribution in [0.25, 0.3) is 11.4 Å². The maximum Gasteiger partial charge on any atom is 0.269 e. The maximum absolute atomic E-state index is 11.6. The molecule has 9 heteroatoms. The Morgan fingerprint density at radius 1 is 0.750 bits per heavy atom. The molecule has 2 heterocycles. The number of nitrogen functional groups attached to an aromatic ring is 2. The second-order valence-electron chi connectivity index (χ2n) is 8.55. The van der Waals surface area contributed by atoms with Crippen LogP contribution in [0, 0.1) is 24.0 Å². The standard InChI is InChI=1S/C27H25N7O2/c1-17-23(26(28)32(30-17)20-11-5-3-6-12-20)25(19-10-9-15-22(16-19)34(35)36)24-18(2)31-33(27(24)29)21-13-7-4-8-14-21/h3-16,25H,28-29H2,1-2H3. The molecule has 3 aromatic carbocycles. The normalized spacial score (nSPS) is 11.2. The molecule has 180 valence electrons. The van der Waals surface area contributed by atoms with Crippen LogP contribution in [0.5, 0.6) is 0 Å². The molecule has 0 atom stereocenters. The zero-order valence-electron chi connectivity index (χ0n) is 19.9. The molecule has 36 heavy (non-hydrogen) atoms. The van der Waals surface area contributed by atoms with Gasteiger partial charge in [-0.2, -0.15) is 10.2 Å². The lowest BCUT2D eigenvalue weighted by Crippen LogP contribution is -2.12. The van der Waals surface area contributed by atoms with E-state index < -0.39 is 10.8 Å². The van der Waals surface area contributed by atoms with Crippen molar-refractivity contribution in [3.63, 3.8) is 0 Å². The van der Waals surface area contributed by atoms with Crippen molar-refractivity contribution in [2.75, 3.05) is 11.5 Å². The number of nitro groups is 1. The lowest BCUT2D eigenvalue weighted by Gasteiger charge is -2.19. The average Bonchev–Trinajstić information content (AvgIpc) is 3.36. The minimum atomic E-state index is -0.528. The highest BCUT2D eigenvalue weighted by Crippen LogP contribution is 2.42.